The van der Waals surface area contributed by atoms with E-state index in [2.05, 4.69) is 44.0 Å². The molecule has 100 valence electrons. The summed E-state index contributed by atoms with van der Waals surface area (Å²) in [5.41, 5.74) is 3.70. The van der Waals surface area contributed by atoms with Gasteiger partial charge in [0, 0.05) is 19.5 Å². The number of aryl methyl sites for hydroxylation is 2. The standard InChI is InChI=1S/C15H23NO2/c1-11-4-5-12(2)13(8-11)9-14(17)15-10-16(3)6-7-18-15/h4-5,8,14-15,17H,6-7,9-10H2,1-3H3. The van der Waals surface area contributed by atoms with Crippen molar-refractivity contribution >= 4 is 0 Å². The monoisotopic (exact) mass is 249 g/mol. The lowest BCUT2D eigenvalue weighted by molar-refractivity contribution is -0.0823. The van der Waals surface area contributed by atoms with Gasteiger partial charge in [0.2, 0.25) is 0 Å². The second-order valence-corrected chi connectivity index (χ2v) is 5.37. The normalized spacial score (nSPS) is 23.0. The lowest BCUT2D eigenvalue weighted by Gasteiger charge is -2.33. The maximum Gasteiger partial charge on any atom is 0.0964 e. The number of aliphatic hydroxyl groups excluding tert-OH is 1. The van der Waals surface area contributed by atoms with Gasteiger partial charge in [-0.25, -0.2) is 0 Å². The second kappa shape index (κ2) is 5.83. The van der Waals surface area contributed by atoms with Crippen molar-refractivity contribution in [3.05, 3.63) is 34.9 Å². The van der Waals surface area contributed by atoms with Crippen LogP contribution in [0.2, 0.25) is 0 Å². The molecule has 1 aliphatic rings. The first kappa shape index (κ1) is 13.5. The van der Waals surface area contributed by atoms with Gasteiger partial charge in [-0.05, 0) is 32.0 Å². The van der Waals surface area contributed by atoms with E-state index in [-0.39, 0.29) is 6.10 Å². The topological polar surface area (TPSA) is 32.7 Å². The zero-order valence-electron chi connectivity index (χ0n) is 11.5. The van der Waals surface area contributed by atoms with E-state index < -0.39 is 6.10 Å². The Balaban J connectivity index is 2.01. The molecule has 0 spiro atoms. The molecular weight excluding hydrogens is 226 g/mol. The maximum absolute atomic E-state index is 10.3. The fraction of sp³-hybridized carbons (Fsp3) is 0.600. The van der Waals surface area contributed by atoms with Crippen LogP contribution in [0, 0.1) is 13.8 Å². The first-order valence-electron chi connectivity index (χ1n) is 6.60. The van der Waals surface area contributed by atoms with Crippen LogP contribution in [0.1, 0.15) is 16.7 Å². The van der Waals surface area contributed by atoms with Gasteiger partial charge in [-0.2, -0.15) is 0 Å². The van der Waals surface area contributed by atoms with Crippen molar-refractivity contribution < 1.29 is 9.84 Å². The van der Waals surface area contributed by atoms with Gasteiger partial charge in [0.05, 0.1) is 18.8 Å². The van der Waals surface area contributed by atoms with Crippen LogP contribution in [0.15, 0.2) is 18.2 Å². The molecule has 1 aliphatic heterocycles. The molecule has 1 aromatic carbocycles. The minimum atomic E-state index is -0.423. The lowest BCUT2D eigenvalue weighted by Crippen LogP contribution is -2.46. The molecule has 2 unspecified atom stereocenters. The molecule has 0 aromatic heterocycles. The number of ether oxygens (including phenoxy) is 1. The van der Waals surface area contributed by atoms with Crippen LogP contribution in [0.3, 0.4) is 0 Å². The van der Waals surface area contributed by atoms with Crippen LogP contribution in [0.4, 0.5) is 0 Å². The molecule has 1 aromatic rings. The third kappa shape index (κ3) is 3.31. The Labute approximate surface area is 109 Å². The summed E-state index contributed by atoms with van der Waals surface area (Å²) in [4.78, 5) is 2.21. The van der Waals surface area contributed by atoms with Gasteiger partial charge in [0.15, 0.2) is 0 Å². The predicted octanol–water partition coefficient (Wildman–Crippen LogP) is 1.54. The van der Waals surface area contributed by atoms with Crippen molar-refractivity contribution in [2.75, 3.05) is 26.7 Å². The van der Waals surface area contributed by atoms with Gasteiger partial charge in [-0.3, -0.25) is 0 Å². The summed E-state index contributed by atoms with van der Waals surface area (Å²) in [7, 11) is 2.07. The number of hydrogen-bond donors (Lipinski definition) is 1. The van der Waals surface area contributed by atoms with Gasteiger partial charge in [0.1, 0.15) is 0 Å². The molecule has 0 bridgehead atoms. The van der Waals surface area contributed by atoms with Gasteiger partial charge < -0.3 is 14.7 Å². The number of nitrogens with zero attached hydrogens (tertiary/aromatic N) is 1. The largest absolute Gasteiger partial charge is 0.390 e. The van der Waals surface area contributed by atoms with E-state index in [1.165, 1.54) is 16.7 Å². The van der Waals surface area contributed by atoms with E-state index in [0.29, 0.717) is 13.0 Å². The summed E-state index contributed by atoms with van der Waals surface area (Å²) >= 11 is 0. The second-order valence-electron chi connectivity index (χ2n) is 5.37. The van der Waals surface area contributed by atoms with Crippen LogP contribution in [-0.2, 0) is 11.2 Å². The number of benzene rings is 1. The lowest BCUT2D eigenvalue weighted by atomic mass is 9.97. The van der Waals surface area contributed by atoms with Crippen molar-refractivity contribution in [1.29, 1.82) is 0 Å². The molecule has 3 heteroatoms. The molecule has 1 fully saturated rings. The molecule has 2 atom stereocenters. The number of morpholine rings is 1. The van der Waals surface area contributed by atoms with E-state index >= 15 is 0 Å². The van der Waals surface area contributed by atoms with E-state index in [0.717, 1.165) is 13.1 Å². The van der Waals surface area contributed by atoms with E-state index in [4.69, 9.17) is 4.74 Å². The van der Waals surface area contributed by atoms with Crippen LogP contribution in [0.25, 0.3) is 0 Å². The zero-order valence-corrected chi connectivity index (χ0v) is 11.5. The zero-order chi connectivity index (χ0) is 13.1. The number of hydrogen-bond acceptors (Lipinski definition) is 3. The van der Waals surface area contributed by atoms with Crippen LogP contribution in [-0.4, -0.2) is 49.0 Å². The highest BCUT2D eigenvalue weighted by Gasteiger charge is 2.25. The highest BCUT2D eigenvalue weighted by atomic mass is 16.5. The summed E-state index contributed by atoms with van der Waals surface area (Å²) in [6.07, 6.45) is 0.184. The van der Waals surface area contributed by atoms with Crippen LogP contribution >= 0.6 is 0 Å². The molecule has 0 aliphatic carbocycles. The molecule has 0 radical (unpaired) electrons. The minimum absolute atomic E-state index is 0.0661. The van der Waals surface area contributed by atoms with Crippen LogP contribution < -0.4 is 0 Å². The Morgan fingerprint density at radius 1 is 1.44 bits per heavy atom. The summed E-state index contributed by atoms with van der Waals surface area (Å²) in [5, 5.41) is 10.3. The SMILES string of the molecule is Cc1ccc(C)c(CC(O)C2CN(C)CCO2)c1. The molecule has 3 nitrogen and oxygen atoms in total. The third-order valence-corrected chi connectivity index (χ3v) is 3.66. The summed E-state index contributed by atoms with van der Waals surface area (Å²) < 4.78 is 5.66. The Hall–Kier alpha value is -0.900. The number of rotatable bonds is 3. The summed E-state index contributed by atoms with van der Waals surface area (Å²) in [6.45, 7) is 6.65. The van der Waals surface area contributed by atoms with E-state index in [1.807, 2.05) is 0 Å². The highest BCUT2D eigenvalue weighted by molar-refractivity contribution is 5.31. The van der Waals surface area contributed by atoms with Gasteiger partial charge in [-0.1, -0.05) is 23.8 Å². The fourth-order valence-corrected chi connectivity index (χ4v) is 2.42. The van der Waals surface area contributed by atoms with E-state index in [9.17, 15) is 5.11 Å². The van der Waals surface area contributed by atoms with Crippen molar-refractivity contribution in [1.82, 2.24) is 4.90 Å². The van der Waals surface area contributed by atoms with Crippen molar-refractivity contribution in [2.45, 2.75) is 32.5 Å². The van der Waals surface area contributed by atoms with Crippen molar-refractivity contribution in [2.24, 2.45) is 0 Å². The number of likely N-dealkylation sites (N-methyl/N-ethyl adjacent to an activating group) is 1. The molecule has 1 N–H and O–H groups in total. The fourth-order valence-electron chi connectivity index (χ4n) is 2.42. The van der Waals surface area contributed by atoms with Crippen molar-refractivity contribution in [3.63, 3.8) is 0 Å². The van der Waals surface area contributed by atoms with E-state index in [1.54, 1.807) is 0 Å². The van der Waals surface area contributed by atoms with Crippen molar-refractivity contribution in [3.8, 4) is 0 Å². The molecule has 18 heavy (non-hydrogen) atoms. The summed E-state index contributed by atoms with van der Waals surface area (Å²) in [5.74, 6) is 0. The molecule has 0 saturated carbocycles. The van der Waals surface area contributed by atoms with Gasteiger partial charge >= 0.3 is 0 Å². The molecular formula is C15H23NO2. The quantitative estimate of drug-likeness (QED) is 0.882. The Morgan fingerprint density at radius 3 is 2.94 bits per heavy atom. The Morgan fingerprint density at radius 2 is 2.22 bits per heavy atom. The van der Waals surface area contributed by atoms with Gasteiger partial charge in [-0.15, -0.1) is 0 Å². The Bertz CT molecular complexity index is 405. The smallest absolute Gasteiger partial charge is 0.0964 e. The first-order chi connectivity index (χ1) is 8.56. The molecule has 2 rings (SSSR count). The highest BCUT2D eigenvalue weighted by Crippen LogP contribution is 2.16. The molecule has 0 amide bonds. The molecule has 1 heterocycles. The average Bonchev–Trinajstić information content (AvgIpc) is 2.34. The minimum Gasteiger partial charge on any atom is -0.390 e. The number of aliphatic hydroxyl groups is 1. The first-order valence-corrected chi connectivity index (χ1v) is 6.60. The predicted molar refractivity (Wildman–Crippen MR) is 72.9 cm³/mol. The van der Waals surface area contributed by atoms with Crippen LogP contribution in [0.5, 0.6) is 0 Å². The Kier molecular flexibility index (Phi) is 4.38. The maximum atomic E-state index is 10.3. The van der Waals surface area contributed by atoms with Gasteiger partial charge in [0.25, 0.3) is 0 Å². The average molecular weight is 249 g/mol. The third-order valence-electron chi connectivity index (χ3n) is 3.66. The molecule has 1 saturated heterocycles. The summed E-state index contributed by atoms with van der Waals surface area (Å²) in [6, 6.07) is 6.38.